The Bertz CT molecular complexity index is 1180. The predicted molar refractivity (Wildman–Crippen MR) is 137 cm³/mol. The number of benzene rings is 3. The van der Waals surface area contributed by atoms with Gasteiger partial charge < -0.3 is 4.74 Å². The molecule has 1 aliphatic rings. The van der Waals surface area contributed by atoms with Crippen molar-refractivity contribution in [2.75, 3.05) is 6.54 Å². The summed E-state index contributed by atoms with van der Waals surface area (Å²) in [6.45, 7) is 0.828. The summed E-state index contributed by atoms with van der Waals surface area (Å²) < 4.78 is 6.65. The number of carbonyl (C=O) groups is 2. The molecule has 1 aliphatic heterocycles. The standard InChI is InChI=1S/C26H21BrClNO3S/c27-22-15-20(10-13-23(22)32-17-19-8-11-21(28)12-9-19)16-24-25(30)29(26(31)33-24)14-4-7-18-5-2-1-3-6-18/h1-3,5-6,8-13,15-16H,4,7,14,17H2/b24-16+. The molecule has 0 bridgehead atoms. The van der Waals surface area contributed by atoms with Crippen LogP contribution in [0.15, 0.2) is 82.2 Å². The lowest BCUT2D eigenvalue weighted by Gasteiger charge is -2.12. The van der Waals surface area contributed by atoms with E-state index in [1.54, 1.807) is 6.08 Å². The van der Waals surface area contributed by atoms with Crippen molar-refractivity contribution in [3.05, 3.63) is 104 Å². The normalized spacial score (nSPS) is 14.8. The maximum atomic E-state index is 12.8. The summed E-state index contributed by atoms with van der Waals surface area (Å²) in [5.74, 6) is 0.452. The highest BCUT2D eigenvalue weighted by molar-refractivity contribution is 9.10. The van der Waals surface area contributed by atoms with Gasteiger partial charge in [0.05, 0.1) is 9.38 Å². The minimum Gasteiger partial charge on any atom is -0.488 e. The van der Waals surface area contributed by atoms with E-state index >= 15 is 0 Å². The molecule has 4 rings (SSSR count). The van der Waals surface area contributed by atoms with Gasteiger partial charge in [-0.05, 0) is 87.6 Å². The fourth-order valence-electron chi connectivity index (χ4n) is 3.40. The zero-order chi connectivity index (χ0) is 23.2. The van der Waals surface area contributed by atoms with Gasteiger partial charge in [-0.1, -0.05) is 60.1 Å². The van der Waals surface area contributed by atoms with Crippen LogP contribution in [-0.2, 0) is 17.8 Å². The lowest BCUT2D eigenvalue weighted by Crippen LogP contribution is -2.29. The predicted octanol–water partition coefficient (Wildman–Crippen LogP) is 7.35. The van der Waals surface area contributed by atoms with Gasteiger partial charge in [0.25, 0.3) is 11.1 Å². The third kappa shape index (κ3) is 6.28. The second-order valence-corrected chi connectivity index (χ2v) is 9.81. The van der Waals surface area contributed by atoms with Gasteiger partial charge in [0.2, 0.25) is 0 Å². The van der Waals surface area contributed by atoms with Crippen LogP contribution in [0.1, 0.15) is 23.1 Å². The average molecular weight is 543 g/mol. The number of carbonyl (C=O) groups excluding carboxylic acids is 2. The Hall–Kier alpha value is -2.54. The minimum atomic E-state index is -0.239. The molecule has 168 valence electrons. The number of hydrogen-bond donors (Lipinski definition) is 0. The van der Waals surface area contributed by atoms with Crippen LogP contribution in [0.4, 0.5) is 4.79 Å². The van der Waals surface area contributed by atoms with Gasteiger partial charge in [0.1, 0.15) is 12.4 Å². The van der Waals surface area contributed by atoms with Gasteiger partial charge >= 0.3 is 0 Å². The van der Waals surface area contributed by atoms with Crippen molar-refractivity contribution in [2.45, 2.75) is 19.4 Å². The van der Waals surface area contributed by atoms with E-state index in [9.17, 15) is 9.59 Å². The molecule has 1 heterocycles. The van der Waals surface area contributed by atoms with Crippen LogP contribution in [0.25, 0.3) is 6.08 Å². The molecule has 3 aromatic rings. The molecule has 0 radical (unpaired) electrons. The largest absolute Gasteiger partial charge is 0.488 e. The van der Waals surface area contributed by atoms with Crippen LogP contribution in [0.2, 0.25) is 5.02 Å². The number of aryl methyl sites for hydroxylation is 1. The molecule has 0 saturated carbocycles. The fraction of sp³-hybridized carbons (Fsp3) is 0.154. The van der Waals surface area contributed by atoms with Crippen molar-refractivity contribution in [2.24, 2.45) is 0 Å². The Morgan fingerprint density at radius 3 is 2.45 bits per heavy atom. The van der Waals surface area contributed by atoms with Gasteiger partial charge in [0, 0.05) is 11.6 Å². The third-order valence-corrected chi connectivity index (χ3v) is 6.90. The van der Waals surface area contributed by atoms with Gasteiger partial charge in [-0.15, -0.1) is 0 Å². The highest BCUT2D eigenvalue weighted by atomic mass is 79.9. The number of rotatable bonds is 8. The van der Waals surface area contributed by atoms with E-state index in [1.165, 1.54) is 10.5 Å². The summed E-state index contributed by atoms with van der Waals surface area (Å²) in [5.41, 5.74) is 3.02. The summed E-state index contributed by atoms with van der Waals surface area (Å²) in [6, 6.07) is 23.1. The molecule has 0 spiro atoms. The molecule has 4 nitrogen and oxygen atoms in total. The molecule has 0 unspecified atom stereocenters. The van der Waals surface area contributed by atoms with Crippen LogP contribution in [0, 0.1) is 0 Å². The molecular weight excluding hydrogens is 522 g/mol. The first-order valence-corrected chi connectivity index (χ1v) is 12.4. The van der Waals surface area contributed by atoms with E-state index in [1.807, 2.05) is 60.7 Å². The molecule has 33 heavy (non-hydrogen) atoms. The number of thioether (sulfide) groups is 1. The molecule has 3 aromatic carbocycles. The summed E-state index contributed by atoms with van der Waals surface area (Å²) in [5, 5.41) is 0.464. The number of ether oxygens (including phenoxy) is 1. The highest BCUT2D eigenvalue weighted by Gasteiger charge is 2.34. The molecule has 0 atom stereocenters. The second kappa shape index (κ2) is 11.1. The Kier molecular flexibility index (Phi) is 7.91. The molecule has 1 saturated heterocycles. The summed E-state index contributed by atoms with van der Waals surface area (Å²) in [7, 11) is 0. The Balaban J connectivity index is 1.36. The Labute approximate surface area is 210 Å². The molecule has 2 amide bonds. The van der Waals surface area contributed by atoms with Gasteiger partial charge in [0.15, 0.2) is 0 Å². The topological polar surface area (TPSA) is 46.6 Å². The Morgan fingerprint density at radius 1 is 0.970 bits per heavy atom. The maximum absolute atomic E-state index is 12.8. The van der Waals surface area contributed by atoms with Crippen molar-refractivity contribution in [3.8, 4) is 5.75 Å². The number of amides is 2. The number of hydrogen-bond acceptors (Lipinski definition) is 4. The number of imide groups is 1. The molecule has 0 aliphatic carbocycles. The van der Waals surface area contributed by atoms with E-state index in [-0.39, 0.29) is 11.1 Å². The maximum Gasteiger partial charge on any atom is 0.293 e. The second-order valence-electron chi connectivity index (χ2n) is 7.53. The van der Waals surface area contributed by atoms with Crippen LogP contribution in [0.3, 0.4) is 0 Å². The van der Waals surface area contributed by atoms with Crippen molar-refractivity contribution in [3.63, 3.8) is 0 Å². The van der Waals surface area contributed by atoms with E-state index in [2.05, 4.69) is 28.1 Å². The van der Waals surface area contributed by atoms with Crippen molar-refractivity contribution < 1.29 is 14.3 Å². The number of halogens is 2. The first-order valence-electron chi connectivity index (χ1n) is 10.5. The molecular formula is C26H21BrClNO3S. The van der Waals surface area contributed by atoms with Crippen molar-refractivity contribution >= 4 is 56.5 Å². The average Bonchev–Trinajstić information content (AvgIpc) is 3.07. The zero-order valence-electron chi connectivity index (χ0n) is 17.7. The third-order valence-electron chi connectivity index (χ3n) is 5.12. The van der Waals surface area contributed by atoms with Gasteiger partial charge in [-0.3, -0.25) is 14.5 Å². The van der Waals surface area contributed by atoms with Crippen LogP contribution in [-0.4, -0.2) is 22.6 Å². The fourth-order valence-corrected chi connectivity index (χ4v) is 4.90. The summed E-state index contributed by atoms with van der Waals surface area (Å²) in [6.07, 6.45) is 3.31. The van der Waals surface area contributed by atoms with Crippen LogP contribution in [0.5, 0.6) is 5.75 Å². The lowest BCUT2D eigenvalue weighted by atomic mass is 10.1. The SMILES string of the molecule is O=C1S/C(=C/c2ccc(OCc3ccc(Cl)cc3)c(Br)c2)C(=O)N1CCCc1ccccc1. The summed E-state index contributed by atoms with van der Waals surface area (Å²) in [4.78, 5) is 26.9. The summed E-state index contributed by atoms with van der Waals surface area (Å²) >= 11 is 10.4. The first-order chi connectivity index (χ1) is 16.0. The minimum absolute atomic E-state index is 0.221. The van der Waals surface area contributed by atoms with Gasteiger partial charge in [-0.25, -0.2) is 0 Å². The zero-order valence-corrected chi connectivity index (χ0v) is 20.8. The van der Waals surface area contributed by atoms with E-state index < -0.39 is 0 Å². The monoisotopic (exact) mass is 541 g/mol. The highest BCUT2D eigenvalue weighted by Crippen LogP contribution is 2.34. The molecule has 1 fully saturated rings. The Morgan fingerprint density at radius 2 is 1.73 bits per heavy atom. The molecule has 0 aromatic heterocycles. The quantitative estimate of drug-likeness (QED) is 0.279. The van der Waals surface area contributed by atoms with E-state index in [0.717, 1.165) is 40.2 Å². The molecule has 0 N–H and O–H groups in total. The lowest BCUT2D eigenvalue weighted by molar-refractivity contribution is -0.122. The number of nitrogens with zero attached hydrogens (tertiary/aromatic N) is 1. The van der Waals surface area contributed by atoms with Crippen LogP contribution < -0.4 is 4.74 Å². The van der Waals surface area contributed by atoms with Crippen molar-refractivity contribution in [1.82, 2.24) is 4.90 Å². The smallest absolute Gasteiger partial charge is 0.293 e. The van der Waals surface area contributed by atoms with E-state index in [4.69, 9.17) is 16.3 Å². The van der Waals surface area contributed by atoms with Gasteiger partial charge in [-0.2, -0.15) is 0 Å². The first kappa shape index (κ1) is 23.6. The van der Waals surface area contributed by atoms with Crippen molar-refractivity contribution in [1.29, 1.82) is 0 Å². The molecule has 7 heteroatoms. The van der Waals surface area contributed by atoms with Crippen LogP contribution >= 0.6 is 39.3 Å². The van der Waals surface area contributed by atoms with E-state index in [0.29, 0.717) is 28.8 Å².